The lowest BCUT2D eigenvalue weighted by Gasteiger charge is -2.20. The van der Waals surface area contributed by atoms with Crippen LogP contribution in [0, 0.1) is 12.3 Å². The van der Waals surface area contributed by atoms with E-state index in [1.165, 1.54) is 5.56 Å². The second kappa shape index (κ2) is 2.93. The van der Waals surface area contributed by atoms with Crippen molar-refractivity contribution in [2.24, 2.45) is 0 Å². The van der Waals surface area contributed by atoms with Gasteiger partial charge in [-0.3, -0.25) is 0 Å². The second-order valence-electron chi connectivity index (χ2n) is 4.08. The van der Waals surface area contributed by atoms with Gasteiger partial charge in [-0.05, 0) is 30.5 Å². The Balaban J connectivity index is 2.02. The van der Waals surface area contributed by atoms with Crippen LogP contribution < -0.4 is 9.47 Å². The molecule has 1 heterocycles. The van der Waals surface area contributed by atoms with Gasteiger partial charge in [0.15, 0.2) is 11.5 Å². The fraction of sp³-hybridized carbons (Fsp3) is 0.385. The summed E-state index contributed by atoms with van der Waals surface area (Å²) in [5, 5.41) is 0. The first-order valence-electron chi connectivity index (χ1n) is 5.22. The molecule has 1 saturated carbocycles. The van der Waals surface area contributed by atoms with Crippen molar-refractivity contribution < 1.29 is 9.47 Å². The van der Waals surface area contributed by atoms with Crippen molar-refractivity contribution in [2.45, 2.75) is 18.3 Å². The van der Waals surface area contributed by atoms with Gasteiger partial charge >= 0.3 is 0 Å². The molecule has 0 saturated heterocycles. The molecular formula is C13H12O2. The third-order valence-corrected chi connectivity index (χ3v) is 3.12. The smallest absolute Gasteiger partial charge is 0.161 e. The number of ether oxygens (including phenoxy) is 2. The van der Waals surface area contributed by atoms with Crippen LogP contribution in [0.3, 0.4) is 0 Å². The van der Waals surface area contributed by atoms with Crippen LogP contribution in [0.5, 0.6) is 11.5 Å². The topological polar surface area (TPSA) is 18.5 Å². The van der Waals surface area contributed by atoms with Crippen LogP contribution in [-0.4, -0.2) is 13.2 Å². The van der Waals surface area contributed by atoms with Gasteiger partial charge in [0.05, 0.1) is 5.41 Å². The maximum absolute atomic E-state index is 5.55. The maximum Gasteiger partial charge on any atom is 0.161 e. The van der Waals surface area contributed by atoms with Crippen molar-refractivity contribution in [1.82, 2.24) is 0 Å². The first kappa shape index (κ1) is 8.67. The highest BCUT2D eigenvalue weighted by Crippen LogP contribution is 2.49. The lowest BCUT2D eigenvalue weighted by Crippen LogP contribution is -2.16. The molecule has 1 aliphatic heterocycles. The Hall–Kier alpha value is -1.62. The van der Waals surface area contributed by atoms with Crippen LogP contribution in [0.4, 0.5) is 0 Å². The van der Waals surface area contributed by atoms with Gasteiger partial charge < -0.3 is 9.47 Å². The van der Waals surface area contributed by atoms with Crippen LogP contribution in [-0.2, 0) is 5.41 Å². The van der Waals surface area contributed by atoms with Gasteiger partial charge in [-0.15, -0.1) is 6.42 Å². The number of terminal acetylenes is 1. The summed E-state index contributed by atoms with van der Waals surface area (Å²) in [5.41, 5.74) is 1.17. The SMILES string of the molecule is C#CC1(c2ccc3c(c2)OCCO3)CC1. The van der Waals surface area contributed by atoms with E-state index in [0.29, 0.717) is 13.2 Å². The Bertz CT molecular complexity index is 438. The highest BCUT2D eigenvalue weighted by atomic mass is 16.6. The lowest BCUT2D eigenvalue weighted by molar-refractivity contribution is 0.171. The first-order chi connectivity index (χ1) is 7.34. The molecule has 76 valence electrons. The third-order valence-electron chi connectivity index (χ3n) is 3.12. The number of hydrogen-bond acceptors (Lipinski definition) is 2. The normalized spacial score (nSPS) is 20.5. The Kier molecular flexibility index (Phi) is 1.70. The quantitative estimate of drug-likeness (QED) is 0.646. The molecule has 3 rings (SSSR count). The maximum atomic E-state index is 5.55. The molecule has 1 aromatic carbocycles. The highest BCUT2D eigenvalue weighted by Gasteiger charge is 2.43. The van der Waals surface area contributed by atoms with E-state index >= 15 is 0 Å². The van der Waals surface area contributed by atoms with E-state index in [1.54, 1.807) is 0 Å². The standard InChI is InChI=1S/C13H12O2/c1-2-13(5-6-13)10-3-4-11-12(9-10)15-8-7-14-11/h1,3-4,9H,5-8H2. The van der Waals surface area contributed by atoms with E-state index < -0.39 is 0 Å². The zero-order chi connectivity index (χ0) is 10.3. The summed E-state index contributed by atoms with van der Waals surface area (Å²) < 4.78 is 11.0. The molecule has 0 N–H and O–H groups in total. The van der Waals surface area contributed by atoms with Crippen molar-refractivity contribution in [3.05, 3.63) is 23.8 Å². The van der Waals surface area contributed by atoms with Crippen LogP contribution in [0.25, 0.3) is 0 Å². The fourth-order valence-corrected chi connectivity index (χ4v) is 1.98. The minimum absolute atomic E-state index is 0.0180. The molecule has 0 unspecified atom stereocenters. The summed E-state index contributed by atoms with van der Waals surface area (Å²) >= 11 is 0. The molecule has 0 atom stereocenters. The molecule has 0 aromatic heterocycles. The van der Waals surface area contributed by atoms with Crippen molar-refractivity contribution >= 4 is 0 Å². The van der Waals surface area contributed by atoms with E-state index in [-0.39, 0.29) is 5.41 Å². The van der Waals surface area contributed by atoms with E-state index in [0.717, 1.165) is 24.3 Å². The Labute approximate surface area is 89.2 Å². The number of rotatable bonds is 1. The summed E-state index contributed by atoms with van der Waals surface area (Å²) in [6.45, 7) is 1.26. The van der Waals surface area contributed by atoms with E-state index in [4.69, 9.17) is 15.9 Å². The number of fused-ring (bicyclic) bond motifs is 1. The molecule has 0 bridgehead atoms. The zero-order valence-corrected chi connectivity index (χ0v) is 8.45. The highest BCUT2D eigenvalue weighted by molar-refractivity contribution is 5.50. The van der Waals surface area contributed by atoms with Gasteiger partial charge in [0.25, 0.3) is 0 Å². The molecule has 1 aliphatic carbocycles. The van der Waals surface area contributed by atoms with Crippen molar-refractivity contribution in [1.29, 1.82) is 0 Å². The largest absolute Gasteiger partial charge is 0.486 e. The van der Waals surface area contributed by atoms with Gasteiger partial charge in [0.2, 0.25) is 0 Å². The van der Waals surface area contributed by atoms with E-state index in [1.807, 2.05) is 12.1 Å². The van der Waals surface area contributed by atoms with Crippen molar-refractivity contribution in [3.8, 4) is 23.8 Å². The summed E-state index contributed by atoms with van der Waals surface area (Å²) in [7, 11) is 0. The van der Waals surface area contributed by atoms with Crippen LogP contribution >= 0.6 is 0 Å². The first-order valence-corrected chi connectivity index (χ1v) is 5.22. The molecular weight excluding hydrogens is 188 g/mol. The van der Waals surface area contributed by atoms with Crippen molar-refractivity contribution in [2.75, 3.05) is 13.2 Å². The average molecular weight is 200 g/mol. The summed E-state index contributed by atoms with van der Waals surface area (Å²) in [6, 6.07) is 6.04. The molecule has 15 heavy (non-hydrogen) atoms. The second-order valence-corrected chi connectivity index (χ2v) is 4.08. The molecule has 0 amide bonds. The molecule has 1 fully saturated rings. The fourth-order valence-electron chi connectivity index (χ4n) is 1.98. The minimum Gasteiger partial charge on any atom is -0.486 e. The molecule has 2 heteroatoms. The van der Waals surface area contributed by atoms with E-state index in [2.05, 4.69) is 12.0 Å². The van der Waals surface area contributed by atoms with Crippen LogP contribution in [0.1, 0.15) is 18.4 Å². The minimum atomic E-state index is -0.0180. The van der Waals surface area contributed by atoms with Gasteiger partial charge in [0, 0.05) is 0 Å². The molecule has 2 nitrogen and oxygen atoms in total. The number of hydrogen-bond donors (Lipinski definition) is 0. The summed E-state index contributed by atoms with van der Waals surface area (Å²) in [5.74, 6) is 4.54. The predicted molar refractivity (Wildman–Crippen MR) is 57.2 cm³/mol. The lowest BCUT2D eigenvalue weighted by atomic mass is 9.96. The summed E-state index contributed by atoms with van der Waals surface area (Å²) in [6.07, 6.45) is 7.73. The van der Waals surface area contributed by atoms with Crippen molar-refractivity contribution in [3.63, 3.8) is 0 Å². The monoisotopic (exact) mass is 200 g/mol. The summed E-state index contributed by atoms with van der Waals surface area (Å²) in [4.78, 5) is 0. The Morgan fingerprint density at radius 2 is 1.87 bits per heavy atom. The number of benzene rings is 1. The average Bonchev–Trinajstić information content (AvgIpc) is 3.09. The van der Waals surface area contributed by atoms with E-state index in [9.17, 15) is 0 Å². The van der Waals surface area contributed by atoms with Gasteiger partial charge in [-0.25, -0.2) is 0 Å². The van der Waals surface area contributed by atoms with Gasteiger partial charge in [0.1, 0.15) is 13.2 Å². The Morgan fingerprint density at radius 1 is 1.13 bits per heavy atom. The van der Waals surface area contributed by atoms with Gasteiger partial charge in [-0.2, -0.15) is 0 Å². The third kappa shape index (κ3) is 1.27. The predicted octanol–water partition coefficient (Wildman–Crippen LogP) is 2.12. The van der Waals surface area contributed by atoms with Gasteiger partial charge in [-0.1, -0.05) is 12.0 Å². The molecule has 1 aromatic rings. The van der Waals surface area contributed by atoms with Crippen LogP contribution in [0.2, 0.25) is 0 Å². The molecule has 2 aliphatic rings. The molecule has 0 spiro atoms. The Morgan fingerprint density at radius 3 is 2.53 bits per heavy atom. The van der Waals surface area contributed by atoms with Crippen LogP contribution in [0.15, 0.2) is 18.2 Å². The zero-order valence-electron chi connectivity index (χ0n) is 8.45. The molecule has 0 radical (unpaired) electrons.